The van der Waals surface area contributed by atoms with E-state index in [-0.39, 0.29) is 37.5 Å². The highest BCUT2D eigenvalue weighted by molar-refractivity contribution is 5.95. The maximum Gasteiger partial charge on any atom is 0.254 e. The molecule has 3 heterocycles. The summed E-state index contributed by atoms with van der Waals surface area (Å²) in [5, 5.41) is 0. The van der Waals surface area contributed by atoms with E-state index in [1.54, 1.807) is 35.2 Å². The quantitative estimate of drug-likeness (QED) is 0.627. The zero-order chi connectivity index (χ0) is 24.3. The number of benzene rings is 2. The molecular formula is C26H29FN2O6. The van der Waals surface area contributed by atoms with Crippen molar-refractivity contribution in [1.82, 2.24) is 9.80 Å². The molecule has 0 N–H and O–H groups in total. The number of ether oxygens (including phenoxy) is 4. The van der Waals surface area contributed by atoms with Crippen molar-refractivity contribution in [2.45, 2.75) is 19.3 Å². The van der Waals surface area contributed by atoms with Gasteiger partial charge in [0.1, 0.15) is 11.6 Å². The molecule has 5 rings (SSSR count). The van der Waals surface area contributed by atoms with Crippen LogP contribution in [-0.2, 0) is 9.53 Å². The molecule has 2 amide bonds. The molecule has 2 aromatic rings. The van der Waals surface area contributed by atoms with Crippen molar-refractivity contribution in [2.75, 3.05) is 52.8 Å². The first-order chi connectivity index (χ1) is 17.0. The van der Waals surface area contributed by atoms with Gasteiger partial charge in [-0.1, -0.05) is 0 Å². The van der Waals surface area contributed by atoms with Crippen LogP contribution in [0.4, 0.5) is 4.39 Å². The molecule has 0 unspecified atom stereocenters. The lowest BCUT2D eigenvalue weighted by Crippen LogP contribution is -2.52. The van der Waals surface area contributed by atoms with Crippen LogP contribution in [0.25, 0.3) is 0 Å². The highest BCUT2D eigenvalue weighted by Crippen LogP contribution is 2.37. The molecule has 3 aliphatic rings. The molecule has 0 spiro atoms. The van der Waals surface area contributed by atoms with Crippen LogP contribution in [0.3, 0.4) is 0 Å². The highest BCUT2D eigenvalue weighted by Gasteiger charge is 2.41. The topological polar surface area (TPSA) is 77.5 Å². The molecule has 186 valence electrons. The highest BCUT2D eigenvalue weighted by atomic mass is 19.1. The molecule has 0 bridgehead atoms. The number of nitrogens with zero attached hydrogens (tertiary/aromatic N) is 2. The Morgan fingerprint density at radius 1 is 0.971 bits per heavy atom. The van der Waals surface area contributed by atoms with Crippen LogP contribution in [0.5, 0.6) is 17.2 Å². The smallest absolute Gasteiger partial charge is 0.254 e. The number of rotatable bonds is 6. The van der Waals surface area contributed by atoms with Crippen LogP contribution in [0, 0.1) is 11.2 Å². The monoisotopic (exact) mass is 484 g/mol. The van der Waals surface area contributed by atoms with E-state index in [0.717, 1.165) is 12.8 Å². The summed E-state index contributed by atoms with van der Waals surface area (Å²) in [6.45, 7) is 3.55. The average Bonchev–Trinajstić information content (AvgIpc) is 3.37. The third-order valence-corrected chi connectivity index (χ3v) is 6.82. The first kappa shape index (κ1) is 23.4. The maximum atomic E-state index is 13.4. The summed E-state index contributed by atoms with van der Waals surface area (Å²) in [5.41, 5.74) is -0.0439. The van der Waals surface area contributed by atoms with Crippen LogP contribution in [-0.4, -0.2) is 74.4 Å². The summed E-state index contributed by atoms with van der Waals surface area (Å²) in [7, 11) is 0. The predicted octanol–water partition coefficient (Wildman–Crippen LogP) is 3.10. The van der Waals surface area contributed by atoms with Crippen LogP contribution < -0.4 is 14.2 Å². The van der Waals surface area contributed by atoms with E-state index in [1.165, 1.54) is 12.1 Å². The van der Waals surface area contributed by atoms with E-state index in [9.17, 15) is 14.0 Å². The summed E-state index contributed by atoms with van der Waals surface area (Å²) in [6, 6.07) is 11.0. The third-order valence-electron chi connectivity index (χ3n) is 6.82. The van der Waals surface area contributed by atoms with Crippen molar-refractivity contribution >= 4 is 11.8 Å². The molecule has 3 aliphatic heterocycles. The van der Waals surface area contributed by atoms with Crippen LogP contribution >= 0.6 is 0 Å². The summed E-state index contributed by atoms with van der Waals surface area (Å²) in [4.78, 5) is 30.3. The Morgan fingerprint density at radius 3 is 2.54 bits per heavy atom. The van der Waals surface area contributed by atoms with Gasteiger partial charge in [0.05, 0.1) is 19.8 Å². The van der Waals surface area contributed by atoms with Crippen LogP contribution in [0.15, 0.2) is 42.5 Å². The lowest BCUT2D eigenvalue weighted by Gasteiger charge is -2.43. The minimum absolute atomic E-state index is 0.0355. The van der Waals surface area contributed by atoms with Crippen LogP contribution in [0.1, 0.15) is 29.6 Å². The molecule has 1 atom stereocenters. The van der Waals surface area contributed by atoms with Crippen molar-refractivity contribution in [3.8, 4) is 17.2 Å². The molecule has 0 saturated carbocycles. The number of hydrogen-bond acceptors (Lipinski definition) is 6. The van der Waals surface area contributed by atoms with E-state index < -0.39 is 5.41 Å². The molecule has 35 heavy (non-hydrogen) atoms. The molecule has 9 heteroatoms. The standard InChI is InChI=1S/C26H29FN2O6/c27-20-3-5-21(6-4-20)33-17-26(15-24(30)28-10-12-32-13-11-28)8-1-9-29(16-26)25(31)19-2-7-22-23(14-19)35-18-34-22/h2-7,14H,1,8-13,15-18H2/t26-/m0/s1. The Morgan fingerprint density at radius 2 is 1.74 bits per heavy atom. The van der Waals surface area contributed by atoms with Gasteiger partial charge in [0, 0.05) is 43.6 Å². The summed E-state index contributed by atoms with van der Waals surface area (Å²) in [5.74, 6) is 1.29. The predicted molar refractivity (Wildman–Crippen MR) is 124 cm³/mol. The van der Waals surface area contributed by atoms with E-state index >= 15 is 0 Å². The van der Waals surface area contributed by atoms with Gasteiger partial charge in [-0.05, 0) is 55.3 Å². The number of halogens is 1. The normalized spacial score (nSPS) is 21.6. The Kier molecular flexibility index (Phi) is 6.77. The van der Waals surface area contributed by atoms with Crippen molar-refractivity contribution in [3.05, 3.63) is 53.8 Å². The molecule has 2 saturated heterocycles. The second-order valence-electron chi connectivity index (χ2n) is 9.31. The fourth-order valence-electron chi connectivity index (χ4n) is 4.92. The zero-order valence-electron chi connectivity index (χ0n) is 19.5. The van der Waals surface area contributed by atoms with Gasteiger partial charge in [0.2, 0.25) is 12.7 Å². The number of fused-ring (bicyclic) bond motifs is 1. The van der Waals surface area contributed by atoms with Gasteiger partial charge < -0.3 is 28.7 Å². The van der Waals surface area contributed by atoms with Gasteiger partial charge >= 0.3 is 0 Å². The van der Waals surface area contributed by atoms with Crippen molar-refractivity contribution in [1.29, 1.82) is 0 Å². The first-order valence-corrected chi connectivity index (χ1v) is 11.9. The fourth-order valence-corrected chi connectivity index (χ4v) is 4.92. The largest absolute Gasteiger partial charge is 0.493 e. The van der Waals surface area contributed by atoms with E-state index in [2.05, 4.69) is 0 Å². The van der Waals surface area contributed by atoms with Gasteiger partial charge in [-0.25, -0.2) is 4.39 Å². The second-order valence-corrected chi connectivity index (χ2v) is 9.31. The minimum atomic E-state index is -0.561. The fraction of sp³-hybridized carbons (Fsp3) is 0.462. The number of likely N-dealkylation sites (tertiary alicyclic amines) is 1. The Hall–Kier alpha value is -3.33. The van der Waals surface area contributed by atoms with Gasteiger partial charge in [-0.2, -0.15) is 0 Å². The SMILES string of the molecule is O=C(C[C@@]1(COc2ccc(F)cc2)CCCN(C(=O)c2ccc3c(c2)OCO3)C1)N1CCOCC1. The van der Waals surface area contributed by atoms with E-state index in [1.807, 2.05) is 4.90 Å². The van der Waals surface area contributed by atoms with E-state index in [0.29, 0.717) is 62.2 Å². The molecule has 2 aromatic carbocycles. The Balaban J connectivity index is 1.34. The maximum absolute atomic E-state index is 13.4. The molecule has 0 aliphatic carbocycles. The molecule has 8 nitrogen and oxygen atoms in total. The number of amides is 2. The molecule has 0 radical (unpaired) electrons. The third kappa shape index (κ3) is 5.35. The molecular weight excluding hydrogens is 455 g/mol. The first-order valence-electron chi connectivity index (χ1n) is 11.9. The Labute approximate surface area is 203 Å². The average molecular weight is 485 g/mol. The van der Waals surface area contributed by atoms with Gasteiger partial charge in [-0.3, -0.25) is 9.59 Å². The summed E-state index contributed by atoms with van der Waals surface area (Å²) in [6.07, 6.45) is 1.76. The summed E-state index contributed by atoms with van der Waals surface area (Å²) < 4.78 is 35.6. The van der Waals surface area contributed by atoms with Crippen molar-refractivity contribution in [3.63, 3.8) is 0 Å². The van der Waals surface area contributed by atoms with Crippen molar-refractivity contribution < 1.29 is 32.9 Å². The van der Waals surface area contributed by atoms with Crippen molar-refractivity contribution in [2.24, 2.45) is 5.41 Å². The molecule has 0 aromatic heterocycles. The van der Waals surface area contributed by atoms with Gasteiger partial charge in [0.25, 0.3) is 5.91 Å². The molecule has 2 fully saturated rings. The van der Waals surface area contributed by atoms with Gasteiger partial charge in [-0.15, -0.1) is 0 Å². The number of carbonyl (C=O) groups excluding carboxylic acids is 2. The number of morpholine rings is 1. The number of hydrogen-bond donors (Lipinski definition) is 0. The summed E-state index contributed by atoms with van der Waals surface area (Å²) >= 11 is 0. The second kappa shape index (κ2) is 10.1. The Bertz CT molecular complexity index is 1070. The number of piperidine rings is 1. The van der Waals surface area contributed by atoms with E-state index in [4.69, 9.17) is 18.9 Å². The lowest BCUT2D eigenvalue weighted by atomic mass is 9.77. The lowest BCUT2D eigenvalue weighted by molar-refractivity contribution is -0.139. The minimum Gasteiger partial charge on any atom is -0.493 e. The van der Waals surface area contributed by atoms with Gasteiger partial charge in [0.15, 0.2) is 11.5 Å². The van der Waals surface area contributed by atoms with Crippen LogP contribution in [0.2, 0.25) is 0 Å². The number of carbonyl (C=O) groups is 2. The zero-order valence-corrected chi connectivity index (χ0v) is 19.5.